The zero-order valence-corrected chi connectivity index (χ0v) is 44.6. The number of rotatable bonds is 26. The number of aromatic nitrogens is 1. The summed E-state index contributed by atoms with van der Waals surface area (Å²) < 4.78 is 22.6. The van der Waals surface area contributed by atoms with Gasteiger partial charge in [-0.15, -0.1) is 11.3 Å². The standard InChI is InChI=1S/C52H81N5O12S/c1-14-33(6)40(26-44(60)42-17-15-16-22-56(42)13)49(63)57(30-66-46(61)23-31(2)3)43(32(4)5)27-45(68-36(9)58)48-55-41(29-70-48)47(62)54-38(25-37-18-20-39(59)21-19-37)24-34(7)50(64)67-35(8)28-53-51(65)69-52(10,11)12/h18-21,29,31-35,38,40,42-43,45,59H,14-17,22-28,30H2,1-13H3,(H,53,65)(H,54,62)/t33-,34-,35?,38+,40-,42+,43+,45+/m0/s1. The highest BCUT2D eigenvalue weighted by Crippen LogP contribution is 2.34. The van der Waals surface area contributed by atoms with Crippen LogP contribution in [0.25, 0.3) is 0 Å². The molecule has 70 heavy (non-hydrogen) atoms. The number of benzene rings is 1. The first-order chi connectivity index (χ1) is 32.8. The van der Waals surface area contributed by atoms with Crippen molar-refractivity contribution in [1.29, 1.82) is 0 Å². The first kappa shape index (κ1) is 59.2. The number of Topliss-reactive ketones (excluding diaryl/α,β-unsaturated/α-hetero) is 1. The molecule has 1 unspecified atom stereocenters. The van der Waals surface area contributed by atoms with Crippen LogP contribution in [0.5, 0.6) is 5.75 Å². The van der Waals surface area contributed by atoms with Crippen molar-refractivity contribution in [2.75, 3.05) is 26.9 Å². The third-order valence-electron chi connectivity index (χ3n) is 12.4. The lowest BCUT2D eigenvalue weighted by molar-refractivity contribution is -0.162. The summed E-state index contributed by atoms with van der Waals surface area (Å²) in [6.07, 6.45) is 1.62. The van der Waals surface area contributed by atoms with Gasteiger partial charge in [-0.05, 0) is 102 Å². The summed E-state index contributed by atoms with van der Waals surface area (Å²) in [6, 6.07) is 4.93. The molecule has 0 radical (unpaired) electrons. The maximum atomic E-state index is 15.0. The molecule has 17 nitrogen and oxygen atoms in total. The molecule has 2 heterocycles. The summed E-state index contributed by atoms with van der Waals surface area (Å²) in [7, 11) is 1.94. The van der Waals surface area contributed by atoms with Gasteiger partial charge in [0.15, 0.2) is 18.6 Å². The van der Waals surface area contributed by atoms with E-state index in [1.165, 1.54) is 24.0 Å². The van der Waals surface area contributed by atoms with Crippen LogP contribution in [0.1, 0.15) is 162 Å². The number of thiazole rings is 1. The van der Waals surface area contributed by atoms with Crippen molar-refractivity contribution in [2.24, 2.45) is 29.6 Å². The van der Waals surface area contributed by atoms with Gasteiger partial charge in [0, 0.05) is 49.6 Å². The summed E-state index contributed by atoms with van der Waals surface area (Å²) in [5.41, 5.74) is 0.116. The molecule has 1 fully saturated rings. The lowest BCUT2D eigenvalue weighted by atomic mass is 9.82. The minimum Gasteiger partial charge on any atom is -0.508 e. The SMILES string of the molecule is CC[C@H](C)[C@H](CC(=O)[C@H]1CCCCN1C)C(=O)N(COC(=O)CC(C)C)[C@H](C[C@@H](OC(C)=O)c1nc(C(=O)N[C@@H](Cc2ccc(O)cc2)C[C@H](C)C(=O)OC(C)CNC(=O)OC(C)(C)C)cs1)C(C)C. The molecule has 3 amide bonds. The highest BCUT2D eigenvalue weighted by Gasteiger charge is 2.40. The number of alkyl carbamates (subject to hydrolysis) is 1. The number of nitrogens with zero attached hydrogens (tertiary/aromatic N) is 3. The molecule has 1 aliphatic heterocycles. The second-order valence-electron chi connectivity index (χ2n) is 20.7. The van der Waals surface area contributed by atoms with Crippen molar-refractivity contribution in [3.63, 3.8) is 0 Å². The number of piperidine rings is 1. The van der Waals surface area contributed by atoms with Gasteiger partial charge in [-0.1, -0.05) is 73.4 Å². The van der Waals surface area contributed by atoms with Crippen LogP contribution in [0, 0.1) is 29.6 Å². The largest absolute Gasteiger partial charge is 0.508 e. The monoisotopic (exact) mass is 1000 g/mol. The molecule has 8 atom stereocenters. The van der Waals surface area contributed by atoms with Crippen molar-refractivity contribution in [3.8, 4) is 5.75 Å². The molecule has 3 rings (SSSR count). The molecule has 0 aliphatic carbocycles. The molecule has 0 bridgehead atoms. The number of ketones is 1. The van der Waals surface area contributed by atoms with Crippen molar-refractivity contribution < 1.29 is 57.6 Å². The highest BCUT2D eigenvalue weighted by atomic mass is 32.1. The molecule has 3 N–H and O–H groups in total. The average molecular weight is 1000 g/mol. The van der Waals surface area contributed by atoms with Gasteiger partial charge < -0.3 is 39.6 Å². The number of hydrogen-bond donors (Lipinski definition) is 3. The minimum absolute atomic E-state index is 0.00376. The Morgan fingerprint density at radius 3 is 2.20 bits per heavy atom. The molecule has 1 aliphatic rings. The Kier molecular flexibility index (Phi) is 23.7. The molecule has 1 saturated heterocycles. The van der Waals surface area contributed by atoms with E-state index in [-0.39, 0.29) is 92.3 Å². The van der Waals surface area contributed by atoms with E-state index in [9.17, 15) is 33.9 Å². The number of nitrogens with one attached hydrogen (secondary N) is 2. The predicted octanol–water partition coefficient (Wildman–Crippen LogP) is 8.17. The van der Waals surface area contributed by atoms with Gasteiger partial charge in [-0.25, -0.2) is 9.78 Å². The van der Waals surface area contributed by atoms with Gasteiger partial charge in [0.05, 0.1) is 18.5 Å². The number of likely N-dealkylation sites (tertiary alicyclic amines) is 1. The van der Waals surface area contributed by atoms with E-state index in [4.69, 9.17) is 18.9 Å². The number of ether oxygens (including phenoxy) is 4. The highest BCUT2D eigenvalue weighted by molar-refractivity contribution is 7.09. The second kappa shape index (κ2) is 28.1. The third kappa shape index (κ3) is 20.0. The fourth-order valence-electron chi connectivity index (χ4n) is 8.43. The van der Waals surface area contributed by atoms with Crippen LogP contribution in [0.4, 0.5) is 4.79 Å². The Morgan fingerprint density at radius 1 is 0.943 bits per heavy atom. The van der Waals surface area contributed by atoms with E-state index in [0.29, 0.717) is 11.4 Å². The number of likely N-dealkylation sites (N-methyl/N-ethyl adjacent to an activating group) is 1. The van der Waals surface area contributed by atoms with Crippen LogP contribution in [0.3, 0.4) is 0 Å². The van der Waals surface area contributed by atoms with Crippen LogP contribution in [-0.2, 0) is 49.3 Å². The zero-order chi connectivity index (χ0) is 52.5. The minimum atomic E-state index is -1.02. The third-order valence-corrected chi connectivity index (χ3v) is 13.4. The van der Waals surface area contributed by atoms with Crippen molar-refractivity contribution in [3.05, 3.63) is 45.9 Å². The normalized spacial score (nSPS) is 17.3. The molecular formula is C52H81N5O12S. The molecule has 2 aromatic rings. The Morgan fingerprint density at radius 2 is 1.61 bits per heavy atom. The average Bonchev–Trinajstić information content (AvgIpc) is 3.77. The molecule has 1 aromatic heterocycles. The lowest BCUT2D eigenvalue weighted by Crippen LogP contribution is -2.50. The number of carbonyl (C=O) groups excluding carboxylic acids is 7. The van der Waals surface area contributed by atoms with Gasteiger partial charge in [0.25, 0.3) is 5.91 Å². The number of amides is 3. The fourth-order valence-corrected chi connectivity index (χ4v) is 9.27. The number of aromatic hydroxyl groups is 1. The van der Waals surface area contributed by atoms with Gasteiger partial charge in [0.2, 0.25) is 5.91 Å². The number of carbonyl (C=O) groups is 7. The fraction of sp³-hybridized carbons (Fsp3) is 0.692. The van der Waals surface area contributed by atoms with Crippen LogP contribution < -0.4 is 10.6 Å². The maximum Gasteiger partial charge on any atom is 0.407 e. The van der Waals surface area contributed by atoms with E-state index in [0.717, 1.165) is 42.7 Å². The molecule has 18 heteroatoms. The summed E-state index contributed by atoms with van der Waals surface area (Å²) in [6.45, 7) is 21.8. The number of hydrogen-bond acceptors (Lipinski definition) is 15. The van der Waals surface area contributed by atoms with Gasteiger partial charge >= 0.3 is 24.0 Å². The molecule has 392 valence electrons. The first-order valence-corrected chi connectivity index (χ1v) is 25.7. The van der Waals surface area contributed by atoms with Gasteiger partial charge in [-0.2, -0.15) is 0 Å². The summed E-state index contributed by atoms with van der Waals surface area (Å²) in [5, 5.41) is 17.4. The Labute approximate surface area is 419 Å². The van der Waals surface area contributed by atoms with Gasteiger partial charge in [-0.3, -0.25) is 33.7 Å². The van der Waals surface area contributed by atoms with E-state index in [1.54, 1.807) is 52.1 Å². The molecule has 1 aromatic carbocycles. The Bertz CT molecular complexity index is 2030. The van der Waals surface area contributed by atoms with Gasteiger partial charge in [0.1, 0.15) is 28.2 Å². The first-order valence-electron chi connectivity index (χ1n) is 24.9. The Balaban J connectivity index is 1.92. The lowest BCUT2D eigenvalue weighted by Gasteiger charge is -2.39. The summed E-state index contributed by atoms with van der Waals surface area (Å²) >= 11 is 1.11. The number of esters is 3. The van der Waals surface area contributed by atoms with Crippen LogP contribution >= 0.6 is 11.3 Å². The molecule has 0 spiro atoms. The van der Waals surface area contributed by atoms with Crippen molar-refractivity contribution in [1.82, 2.24) is 25.4 Å². The topological polar surface area (TPSA) is 220 Å². The van der Waals surface area contributed by atoms with E-state index in [1.807, 2.05) is 48.6 Å². The summed E-state index contributed by atoms with van der Waals surface area (Å²) in [5.74, 6) is -4.26. The molecule has 0 saturated carbocycles. The Hall–Kier alpha value is -5.10. The van der Waals surface area contributed by atoms with Crippen molar-refractivity contribution in [2.45, 2.75) is 177 Å². The summed E-state index contributed by atoms with van der Waals surface area (Å²) in [4.78, 5) is 102. The van der Waals surface area contributed by atoms with E-state index in [2.05, 4.69) is 20.5 Å². The number of phenols is 1. The van der Waals surface area contributed by atoms with E-state index >= 15 is 4.79 Å². The quantitative estimate of drug-likeness (QED) is 0.0460. The second-order valence-corrected chi connectivity index (χ2v) is 21.6. The number of phenolic OH excluding ortho intramolecular Hbond substituents is 1. The smallest absolute Gasteiger partial charge is 0.407 e. The van der Waals surface area contributed by atoms with Crippen LogP contribution in [0.2, 0.25) is 0 Å². The van der Waals surface area contributed by atoms with Crippen molar-refractivity contribution >= 4 is 52.9 Å². The molecular weight excluding hydrogens is 919 g/mol. The van der Waals surface area contributed by atoms with Crippen LogP contribution in [-0.4, -0.2) is 118 Å². The zero-order valence-electron chi connectivity index (χ0n) is 43.8. The van der Waals surface area contributed by atoms with Crippen LogP contribution in [0.15, 0.2) is 29.6 Å². The van der Waals surface area contributed by atoms with E-state index < -0.39 is 71.6 Å². The maximum absolute atomic E-state index is 15.0. The predicted molar refractivity (Wildman–Crippen MR) is 267 cm³/mol.